The fourth-order valence-electron chi connectivity index (χ4n) is 1.17. The summed E-state index contributed by atoms with van der Waals surface area (Å²) >= 11 is 3.04. The van der Waals surface area contributed by atoms with Crippen molar-refractivity contribution in [3.8, 4) is 0 Å². The number of aliphatic hydroxyl groups excluding tert-OH is 2. The van der Waals surface area contributed by atoms with E-state index in [0.717, 1.165) is 11.5 Å². The maximum Gasteiger partial charge on any atom is 0.0967 e. The van der Waals surface area contributed by atoms with Crippen molar-refractivity contribution in [2.45, 2.75) is 36.2 Å². The number of rotatable bonds is 6. The Morgan fingerprint density at radius 1 is 0.875 bits per heavy atom. The lowest BCUT2D eigenvalue weighted by atomic mass is 10.2. The average Bonchev–Trinajstić information content (AvgIpc) is 2.25. The van der Waals surface area contributed by atoms with Crippen LogP contribution >= 0.6 is 23.5 Å². The fraction of sp³-hybridized carbons (Fsp3) is 0.500. The third-order valence-corrected chi connectivity index (χ3v) is 3.97. The second kappa shape index (κ2) is 7.22. The molecule has 0 radical (unpaired) electrons. The Morgan fingerprint density at radius 2 is 1.19 bits per heavy atom. The molecule has 0 amide bonds. The van der Waals surface area contributed by atoms with Crippen molar-refractivity contribution in [3.63, 3.8) is 0 Å². The van der Waals surface area contributed by atoms with E-state index in [0.29, 0.717) is 0 Å². The molecule has 4 heteroatoms. The van der Waals surface area contributed by atoms with Crippen molar-refractivity contribution in [2.75, 3.05) is 0 Å². The van der Waals surface area contributed by atoms with Gasteiger partial charge >= 0.3 is 0 Å². The number of hydrogen-bond acceptors (Lipinski definition) is 4. The van der Waals surface area contributed by atoms with Gasteiger partial charge in [-0.05, 0) is 25.0 Å². The molecular formula is C12H18O2S2. The van der Waals surface area contributed by atoms with E-state index < -0.39 is 0 Å². The molecule has 0 fully saturated rings. The molecule has 1 aromatic rings. The number of aliphatic hydroxyl groups is 2. The lowest BCUT2D eigenvalue weighted by molar-refractivity contribution is 0.283. The summed E-state index contributed by atoms with van der Waals surface area (Å²) in [4.78, 5) is 0. The molecule has 2 N–H and O–H groups in total. The summed E-state index contributed by atoms with van der Waals surface area (Å²) in [6, 6.07) is 8.31. The van der Waals surface area contributed by atoms with Crippen molar-refractivity contribution in [1.29, 1.82) is 0 Å². The van der Waals surface area contributed by atoms with Gasteiger partial charge in [0.05, 0.1) is 10.9 Å². The highest BCUT2D eigenvalue weighted by Gasteiger charge is 2.00. The van der Waals surface area contributed by atoms with Crippen LogP contribution in [0, 0.1) is 0 Å². The monoisotopic (exact) mass is 258 g/mol. The molecule has 2 atom stereocenters. The minimum Gasteiger partial charge on any atom is -0.383 e. The van der Waals surface area contributed by atoms with Gasteiger partial charge in [-0.15, -0.1) is 23.5 Å². The molecule has 0 aliphatic rings. The zero-order chi connectivity index (χ0) is 12.0. The first-order valence-electron chi connectivity index (χ1n) is 5.25. The summed E-state index contributed by atoms with van der Waals surface area (Å²) < 4.78 is 0. The Kier molecular flexibility index (Phi) is 6.28. The smallest absolute Gasteiger partial charge is 0.0967 e. The molecule has 0 bridgehead atoms. The van der Waals surface area contributed by atoms with Gasteiger partial charge in [0.25, 0.3) is 0 Å². The van der Waals surface area contributed by atoms with Crippen LogP contribution in [0.4, 0.5) is 0 Å². The Hall–Kier alpha value is -0.160. The quantitative estimate of drug-likeness (QED) is 0.770. The summed E-state index contributed by atoms with van der Waals surface area (Å²) in [5.41, 5.74) is 1.81. The Bertz CT molecular complexity index is 265. The number of hydrogen-bond donors (Lipinski definition) is 2. The van der Waals surface area contributed by atoms with Crippen LogP contribution in [0.5, 0.6) is 0 Å². The molecule has 0 aliphatic heterocycles. The normalized spacial score (nSPS) is 14.8. The number of benzene rings is 1. The van der Waals surface area contributed by atoms with E-state index in [4.69, 9.17) is 10.2 Å². The lowest BCUT2D eigenvalue weighted by Gasteiger charge is -2.07. The Labute approximate surface area is 105 Å². The van der Waals surface area contributed by atoms with Gasteiger partial charge in [0.2, 0.25) is 0 Å². The second-order valence-corrected chi connectivity index (χ2v) is 6.25. The molecule has 1 rings (SSSR count). The van der Waals surface area contributed by atoms with Gasteiger partial charge in [-0.3, -0.25) is 0 Å². The van der Waals surface area contributed by atoms with Gasteiger partial charge in [0, 0.05) is 11.5 Å². The van der Waals surface area contributed by atoms with Gasteiger partial charge in [0.1, 0.15) is 0 Å². The summed E-state index contributed by atoms with van der Waals surface area (Å²) in [6.45, 7) is 3.55. The van der Waals surface area contributed by atoms with Crippen molar-refractivity contribution < 1.29 is 10.2 Å². The zero-order valence-corrected chi connectivity index (χ0v) is 11.2. The van der Waals surface area contributed by atoms with Crippen molar-refractivity contribution in [2.24, 2.45) is 0 Å². The van der Waals surface area contributed by atoms with Gasteiger partial charge < -0.3 is 10.2 Å². The number of thioether (sulfide) groups is 2. The molecule has 0 saturated carbocycles. The summed E-state index contributed by atoms with van der Waals surface area (Å²) in [5, 5.41) is 18.3. The first kappa shape index (κ1) is 13.9. The van der Waals surface area contributed by atoms with Crippen LogP contribution in [0.3, 0.4) is 0 Å². The fourth-order valence-corrected chi connectivity index (χ4v) is 2.42. The van der Waals surface area contributed by atoms with Crippen LogP contribution in [0.25, 0.3) is 0 Å². The molecule has 1 aromatic carbocycles. The Morgan fingerprint density at radius 3 is 1.44 bits per heavy atom. The SMILES string of the molecule is CC(O)SCc1ccc(CSC(C)O)cc1. The Balaban J connectivity index is 2.41. The van der Waals surface area contributed by atoms with Gasteiger partial charge in [-0.2, -0.15) is 0 Å². The van der Waals surface area contributed by atoms with Crippen LogP contribution < -0.4 is 0 Å². The largest absolute Gasteiger partial charge is 0.383 e. The topological polar surface area (TPSA) is 40.5 Å². The van der Waals surface area contributed by atoms with E-state index >= 15 is 0 Å². The molecule has 0 spiro atoms. The van der Waals surface area contributed by atoms with E-state index in [1.54, 1.807) is 13.8 Å². The van der Waals surface area contributed by atoms with Crippen LogP contribution in [-0.2, 0) is 11.5 Å². The van der Waals surface area contributed by atoms with E-state index in [1.807, 2.05) is 0 Å². The van der Waals surface area contributed by atoms with Crippen molar-refractivity contribution in [1.82, 2.24) is 0 Å². The van der Waals surface area contributed by atoms with E-state index in [2.05, 4.69) is 24.3 Å². The van der Waals surface area contributed by atoms with Crippen LogP contribution in [-0.4, -0.2) is 21.1 Å². The lowest BCUT2D eigenvalue weighted by Crippen LogP contribution is -1.94. The third kappa shape index (κ3) is 5.80. The standard InChI is InChI=1S/C12H18O2S2/c1-9(13)15-7-11-3-5-12(6-4-11)8-16-10(2)14/h3-6,9-10,13-14H,7-8H2,1-2H3. The third-order valence-electron chi connectivity index (χ3n) is 2.01. The zero-order valence-electron chi connectivity index (χ0n) is 9.59. The van der Waals surface area contributed by atoms with E-state index in [-0.39, 0.29) is 10.9 Å². The van der Waals surface area contributed by atoms with E-state index in [9.17, 15) is 0 Å². The average molecular weight is 258 g/mol. The van der Waals surface area contributed by atoms with Crippen LogP contribution in [0.2, 0.25) is 0 Å². The molecule has 16 heavy (non-hydrogen) atoms. The van der Waals surface area contributed by atoms with Crippen LogP contribution in [0.1, 0.15) is 25.0 Å². The molecule has 0 aliphatic carbocycles. The highest BCUT2D eigenvalue weighted by molar-refractivity contribution is 7.99. The first-order valence-corrected chi connectivity index (χ1v) is 7.35. The molecule has 2 nitrogen and oxygen atoms in total. The maximum atomic E-state index is 9.15. The van der Waals surface area contributed by atoms with Gasteiger partial charge in [-0.25, -0.2) is 0 Å². The first-order chi connectivity index (χ1) is 7.58. The molecule has 0 saturated heterocycles. The summed E-state index contributed by atoms with van der Waals surface area (Å²) in [6.07, 6.45) is 0. The summed E-state index contributed by atoms with van der Waals surface area (Å²) in [7, 11) is 0. The molecule has 2 unspecified atom stereocenters. The minimum atomic E-state index is -0.314. The van der Waals surface area contributed by atoms with Crippen molar-refractivity contribution >= 4 is 23.5 Å². The van der Waals surface area contributed by atoms with Gasteiger partial charge in [0.15, 0.2) is 0 Å². The van der Waals surface area contributed by atoms with Gasteiger partial charge in [-0.1, -0.05) is 24.3 Å². The second-order valence-electron chi connectivity index (χ2n) is 3.64. The molecule has 0 heterocycles. The predicted molar refractivity (Wildman–Crippen MR) is 72.4 cm³/mol. The minimum absolute atomic E-state index is 0.314. The van der Waals surface area contributed by atoms with E-state index in [1.165, 1.54) is 34.7 Å². The van der Waals surface area contributed by atoms with Crippen LogP contribution in [0.15, 0.2) is 24.3 Å². The molecule has 0 aromatic heterocycles. The summed E-state index contributed by atoms with van der Waals surface area (Å²) in [5.74, 6) is 1.67. The molecular weight excluding hydrogens is 240 g/mol. The van der Waals surface area contributed by atoms with Crippen molar-refractivity contribution in [3.05, 3.63) is 35.4 Å². The predicted octanol–water partition coefficient (Wildman–Crippen LogP) is 2.83. The maximum absolute atomic E-state index is 9.15. The highest BCUT2D eigenvalue weighted by Crippen LogP contribution is 2.19. The molecule has 90 valence electrons. The highest BCUT2D eigenvalue weighted by atomic mass is 32.2.